The predicted molar refractivity (Wildman–Crippen MR) is 83.3 cm³/mol. The van der Waals surface area contributed by atoms with Crippen LogP contribution in [0.2, 0.25) is 0 Å². The second kappa shape index (κ2) is 6.58. The van der Waals surface area contributed by atoms with E-state index in [4.69, 9.17) is 4.74 Å². The first-order valence-electron chi connectivity index (χ1n) is 7.83. The zero-order valence-electron chi connectivity index (χ0n) is 12.9. The normalized spacial score (nSPS) is 23.0. The van der Waals surface area contributed by atoms with Gasteiger partial charge in [0.05, 0.1) is 18.1 Å². The summed E-state index contributed by atoms with van der Waals surface area (Å²) in [7, 11) is 0. The number of rotatable bonds is 4. The minimum absolute atomic E-state index is 0.119. The van der Waals surface area contributed by atoms with Crippen molar-refractivity contribution in [2.24, 2.45) is 0 Å². The largest absolute Gasteiger partial charge is 0.379 e. The number of anilines is 1. The van der Waals surface area contributed by atoms with Crippen molar-refractivity contribution in [2.75, 3.05) is 44.3 Å². The topological polar surface area (TPSA) is 71.7 Å². The van der Waals surface area contributed by atoms with Gasteiger partial charge in [0.2, 0.25) is 5.82 Å². The molecule has 1 atom stereocenters. The van der Waals surface area contributed by atoms with Crippen LogP contribution in [0.25, 0.3) is 0 Å². The quantitative estimate of drug-likeness (QED) is 0.621. The zero-order chi connectivity index (χ0) is 15.5. The summed E-state index contributed by atoms with van der Waals surface area (Å²) in [5.41, 5.74) is 0.938. The molecule has 2 aliphatic rings. The molecule has 3 rings (SSSR count). The molecule has 0 amide bonds. The van der Waals surface area contributed by atoms with Crippen molar-refractivity contribution < 1.29 is 9.66 Å². The Morgan fingerprint density at radius 1 is 1.41 bits per heavy atom. The Balaban J connectivity index is 1.79. The van der Waals surface area contributed by atoms with Gasteiger partial charge in [0, 0.05) is 44.5 Å². The maximum atomic E-state index is 11.3. The van der Waals surface area contributed by atoms with E-state index >= 15 is 0 Å². The Morgan fingerprint density at radius 2 is 2.18 bits per heavy atom. The van der Waals surface area contributed by atoms with Crippen molar-refractivity contribution in [3.8, 4) is 0 Å². The molecule has 120 valence electrons. The van der Waals surface area contributed by atoms with Gasteiger partial charge in [-0.3, -0.25) is 15.0 Å². The highest BCUT2D eigenvalue weighted by atomic mass is 16.6. The lowest BCUT2D eigenvalue weighted by atomic mass is 10.2. The van der Waals surface area contributed by atoms with E-state index in [-0.39, 0.29) is 10.6 Å². The maximum Gasteiger partial charge on any atom is 0.311 e. The van der Waals surface area contributed by atoms with Crippen LogP contribution in [-0.2, 0) is 4.74 Å². The number of aryl methyl sites for hydroxylation is 1. The zero-order valence-corrected chi connectivity index (χ0v) is 12.9. The van der Waals surface area contributed by atoms with Gasteiger partial charge in [0.1, 0.15) is 0 Å². The summed E-state index contributed by atoms with van der Waals surface area (Å²) in [4.78, 5) is 19.9. The summed E-state index contributed by atoms with van der Waals surface area (Å²) in [6, 6.07) is 1.92. The summed E-state index contributed by atoms with van der Waals surface area (Å²) in [6.07, 6.45) is 3.83. The fourth-order valence-electron chi connectivity index (χ4n) is 3.29. The minimum atomic E-state index is -0.320. The SMILES string of the molecule is Cc1cnc(N2CCCC2CN2CCOCC2)c([N+](=O)[O-])c1. The van der Waals surface area contributed by atoms with E-state index in [0.29, 0.717) is 11.9 Å². The third-order valence-electron chi connectivity index (χ3n) is 4.40. The van der Waals surface area contributed by atoms with Gasteiger partial charge in [-0.05, 0) is 25.3 Å². The van der Waals surface area contributed by atoms with E-state index < -0.39 is 0 Å². The summed E-state index contributed by atoms with van der Waals surface area (Å²) >= 11 is 0. The second-order valence-electron chi connectivity index (χ2n) is 6.01. The summed E-state index contributed by atoms with van der Waals surface area (Å²) in [5, 5.41) is 11.3. The standard InChI is InChI=1S/C15H22N4O3/c1-12-9-14(19(20)21)15(16-10-12)18-4-2-3-13(18)11-17-5-7-22-8-6-17/h9-10,13H,2-8,11H2,1H3. The number of pyridine rings is 1. The van der Waals surface area contributed by atoms with Gasteiger partial charge in [-0.15, -0.1) is 0 Å². The molecule has 0 aliphatic carbocycles. The number of hydrogen-bond acceptors (Lipinski definition) is 6. The number of hydrogen-bond donors (Lipinski definition) is 0. The molecule has 0 bridgehead atoms. The molecule has 7 heteroatoms. The van der Waals surface area contributed by atoms with Gasteiger partial charge in [0.15, 0.2) is 0 Å². The van der Waals surface area contributed by atoms with Gasteiger partial charge in [0.25, 0.3) is 0 Å². The van der Waals surface area contributed by atoms with E-state index in [1.807, 2.05) is 6.92 Å². The predicted octanol–water partition coefficient (Wildman–Crippen LogP) is 1.60. The molecule has 2 saturated heterocycles. The molecule has 0 N–H and O–H groups in total. The van der Waals surface area contributed by atoms with Crippen molar-refractivity contribution in [2.45, 2.75) is 25.8 Å². The van der Waals surface area contributed by atoms with Crippen LogP contribution < -0.4 is 4.90 Å². The molecule has 0 saturated carbocycles. The highest BCUT2D eigenvalue weighted by Gasteiger charge is 2.32. The molecule has 0 radical (unpaired) electrons. The van der Waals surface area contributed by atoms with Crippen molar-refractivity contribution in [1.82, 2.24) is 9.88 Å². The minimum Gasteiger partial charge on any atom is -0.379 e. The van der Waals surface area contributed by atoms with Gasteiger partial charge in [-0.25, -0.2) is 4.98 Å². The molecule has 1 unspecified atom stereocenters. The Kier molecular flexibility index (Phi) is 4.54. The number of ether oxygens (including phenoxy) is 1. The van der Waals surface area contributed by atoms with Crippen molar-refractivity contribution in [3.05, 3.63) is 27.9 Å². The van der Waals surface area contributed by atoms with Gasteiger partial charge < -0.3 is 9.64 Å². The van der Waals surface area contributed by atoms with E-state index in [9.17, 15) is 10.1 Å². The molecule has 0 aromatic carbocycles. The van der Waals surface area contributed by atoms with Gasteiger partial charge in [-0.2, -0.15) is 0 Å². The van der Waals surface area contributed by atoms with E-state index in [1.165, 1.54) is 0 Å². The molecule has 3 heterocycles. The molecule has 1 aromatic rings. The average molecular weight is 306 g/mol. The van der Waals surface area contributed by atoms with Crippen molar-refractivity contribution in [3.63, 3.8) is 0 Å². The number of morpholine rings is 1. The Hall–Kier alpha value is -1.73. The van der Waals surface area contributed by atoms with Crippen LogP contribution in [0.15, 0.2) is 12.3 Å². The van der Waals surface area contributed by atoms with Gasteiger partial charge >= 0.3 is 5.69 Å². The highest BCUT2D eigenvalue weighted by molar-refractivity contribution is 5.59. The molecular weight excluding hydrogens is 284 g/mol. The first kappa shape index (κ1) is 15.2. The lowest BCUT2D eigenvalue weighted by Gasteiger charge is -2.33. The van der Waals surface area contributed by atoms with E-state index in [2.05, 4.69) is 14.8 Å². The Morgan fingerprint density at radius 3 is 2.91 bits per heavy atom. The second-order valence-corrected chi connectivity index (χ2v) is 6.01. The molecule has 22 heavy (non-hydrogen) atoms. The van der Waals surface area contributed by atoms with E-state index in [0.717, 1.165) is 57.8 Å². The summed E-state index contributed by atoms with van der Waals surface area (Å²) in [5.74, 6) is 0.520. The molecular formula is C15H22N4O3. The van der Waals surface area contributed by atoms with Crippen LogP contribution >= 0.6 is 0 Å². The monoisotopic (exact) mass is 306 g/mol. The third-order valence-corrected chi connectivity index (χ3v) is 4.40. The third kappa shape index (κ3) is 3.20. The first-order valence-corrected chi connectivity index (χ1v) is 7.83. The highest BCUT2D eigenvalue weighted by Crippen LogP contribution is 2.32. The summed E-state index contributed by atoms with van der Waals surface area (Å²) in [6.45, 7) is 7.02. The van der Waals surface area contributed by atoms with Crippen molar-refractivity contribution >= 4 is 11.5 Å². The number of nitrogens with zero attached hydrogens (tertiary/aromatic N) is 4. The number of aromatic nitrogens is 1. The van der Waals surface area contributed by atoms with Crippen LogP contribution in [0.5, 0.6) is 0 Å². The fourth-order valence-corrected chi connectivity index (χ4v) is 3.29. The van der Waals surface area contributed by atoms with Crippen LogP contribution in [0, 0.1) is 17.0 Å². The lowest BCUT2D eigenvalue weighted by Crippen LogP contribution is -2.45. The Labute approximate surface area is 130 Å². The lowest BCUT2D eigenvalue weighted by molar-refractivity contribution is -0.384. The first-order chi connectivity index (χ1) is 10.6. The van der Waals surface area contributed by atoms with Crippen LogP contribution in [-0.4, -0.2) is 60.2 Å². The van der Waals surface area contributed by atoms with Crippen LogP contribution in [0.4, 0.5) is 11.5 Å². The van der Waals surface area contributed by atoms with Crippen molar-refractivity contribution in [1.29, 1.82) is 0 Å². The average Bonchev–Trinajstić information content (AvgIpc) is 2.96. The van der Waals surface area contributed by atoms with Crippen LogP contribution in [0.1, 0.15) is 18.4 Å². The van der Waals surface area contributed by atoms with E-state index in [1.54, 1.807) is 12.3 Å². The number of nitro groups is 1. The Bertz CT molecular complexity index is 546. The summed E-state index contributed by atoms with van der Waals surface area (Å²) < 4.78 is 5.38. The fraction of sp³-hybridized carbons (Fsp3) is 0.667. The molecule has 2 aliphatic heterocycles. The molecule has 1 aromatic heterocycles. The molecule has 7 nitrogen and oxygen atoms in total. The molecule has 0 spiro atoms. The smallest absolute Gasteiger partial charge is 0.311 e. The van der Waals surface area contributed by atoms with Crippen LogP contribution in [0.3, 0.4) is 0 Å². The maximum absolute atomic E-state index is 11.3. The molecule has 2 fully saturated rings. The van der Waals surface area contributed by atoms with Gasteiger partial charge in [-0.1, -0.05) is 0 Å².